The topological polar surface area (TPSA) is 54.4 Å². The van der Waals surface area contributed by atoms with Crippen LogP contribution in [0.1, 0.15) is 0 Å². The summed E-state index contributed by atoms with van der Waals surface area (Å²) in [6.45, 7) is 0. The Balaban J connectivity index is -0.0000000267. The van der Waals surface area contributed by atoms with Crippen LogP contribution in [0.4, 0.5) is 0 Å². The first-order chi connectivity index (χ1) is 2.00. The average Bonchev–Trinajstić information content (AvgIpc) is 0.722. The van der Waals surface area contributed by atoms with E-state index in [1.807, 2.05) is 0 Å². The molecule has 0 aromatic carbocycles. The van der Waals surface area contributed by atoms with Gasteiger partial charge in [0.2, 0.25) is 0 Å². The molecule has 0 aromatic rings. The second-order valence-corrected chi connectivity index (χ2v) is 4.25. The van der Waals surface area contributed by atoms with Crippen LogP contribution in [0.15, 0.2) is 0 Å². The van der Waals surface area contributed by atoms with Crippen molar-refractivity contribution >= 4 is 47.3 Å². The summed E-state index contributed by atoms with van der Waals surface area (Å²) in [5, 5.41) is 0. The fourth-order valence-electron chi connectivity index (χ4n) is 0. The maximum Gasteiger partial charge on any atom is 0 e. The van der Waals surface area contributed by atoms with Gasteiger partial charge in [-0.05, 0) is 0 Å². The number of hydrogen-bond donors (Lipinski definition) is 1. The molecule has 0 unspecified atom stereocenters. The fourth-order valence-corrected chi connectivity index (χ4v) is 0. The predicted octanol–water partition coefficient (Wildman–Crippen LogP) is -2.23. The van der Waals surface area contributed by atoms with E-state index >= 15 is 0 Å². The second kappa shape index (κ2) is 9.37. The number of hydrogen-bond acceptors (Lipinski definition) is 2. The maximum atomic E-state index is 9.16. The molecule has 0 bridgehead atoms. The van der Waals surface area contributed by atoms with Crippen LogP contribution < -0.4 is 0 Å². The van der Waals surface area contributed by atoms with Gasteiger partial charge in [-0.3, -0.25) is 0 Å². The summed E-state index contributed by atoms with van der Waals surface area (Å²) in [5.41, 5.74) is 0. The molecule has 0 spiro atoms. The van der Waals surface area contributed by atoms with Crippen molar-refractivity contribution < 1.29 is 49.5 Å². The first kappa shape index (κ1) is 22.4. The van der Waals surface area contributed by atoms with E-state index < -0.39 is 8.54 Å². The van der Waals surface area contributed by atoms with Crippen LogP contribution in [0.25, 0.3) is 0 Å². The zero-order chi connectivity index (χ0) is 4.50. The Kier molecular flexibility index (Phi) is 26.3. The molecule has 0 atom stereocenters. The quantitative estimate of drug-likeness (QED) is 0.363. The van der Waals surface area contributed by atoms with Crippen LogP contribution in [0, 0.1) is 0 Å². The molecule has 0 saturated heterocycles. The minimum absolute atomic E-state index is 0. The van der Waals surface area contributed by atoms with Gasteiger partial charge in [0.15, 0.2) is 0 Å². The van der Waals surface area contributed by atoms with E-state index in [9.17, 15) is 0 Å². The molecule has 8 heteroatoms. The molecule has 0 saturated carbocycles. The van der Waals surface area contributed by atoms with Crippen molar-refractivity contribution in [1.82, 2.24) is 0 Å². The van der Waals surface area contributed by atoms with Crippen molar-refractivity contribution in [2.45, 2.75) is 0 Å². The Labute approximate surface area is 95.6 Å². The van der Waals surface area contributed by atoms with E-state index in [-0.39, 0.29) is 60.5 Å². The van der Waals surface area contributed by atoms with Gasteiger partial charge in [0.05, 0.1) is 0 Å². The minimum atomic E-state index is -3.73. The zero-order valence-electron chi connectivity index (χ0n) is 3.83. The van der Waals surface area contributed by atoms with Crippen molar-refractivity contribution in [3.05, 3.63) is 0 Å². The van der Waals surface area contributed by atoms with E-state index in [0.29, 0.717) is 0 Å². The fraction of sp³-hybridized carbons (Fsp3) is 0. The molecule has 0 aliphatic heterocycles. The third-order valence-corrected chi connectivity index (χ3v) is 0. The normalized spacial score (nSPS) is 7.25. The molecule has 0 heterocycles. The Morgan fingerprint density at radius 3 is 1.38 bits per heavy atom. The first-order valence-corrected chi connectivity index (χ1v) is 4.39. The number of rotatable bonds is 0. The monoisotopic (exact) mass is 411 g/mol. The molecule has 0 aliphatic carbocycles. The van der Waals surface area contributed by atoms with E-state index in [0.717, 1.165) is 14.9 Å². The third kappa shape index (κ3) is 80.9. The summed E-state index contributed by atoms with van der Waals surface area (Å²) in [6.07, 6.45) is 0. The predicted molar refractivity (Wildman–Crippen MR) is 27.2 cm³/mol. The molecule has 0 rings (SSSR count). The van der Waals surface area contributed by atoms with Gasteiger partial charge in [0.1, 0.15) is 0 Å². The summed E-state index contributed by atoms with van der Waals surface area (Å²) in [7, 11) is -3.73. The molecule has 0 aliphatic rings. The third-order valence-electron chi connectivity index (χ3n) is 0. The SMILES string of the molecule is O=S(=O)(O)[SeH].[Cu].[SnH2].[Zn]. The van der Waals surface area contributed by atoms with E-state index in [2.05, 4.69) is 0 Å². The summed E-state index contributed by atoms with van der Waals surface area (Å²) in [4.78, 5) is 0. The van der Waals surface area contributed by atoms with Gasteiger partial charge in [-0.15, -0.1) is 0 Å². The van der Waals surface area contributed by atoms with Crippen molar-refractivity contribution in [1.29, 1.82) is 0 Å². The standard InChI is InChI=1S/Cu.H2O3SSe.Sn.Zn.2H/c;1-4(2,3)5;;;;/h;(H2,1,2,3,5);;;;. The smallest absolute Gasteiger partial charge is 0 e. The molecule has 0 fully saturated rings. The largest absolute Gasteiger partial charge is 0 e. The van der Waals surface area contributed by atoms with Gasteiger partial charge >= 0.3 is 60.3 Å². The van der Waals surface area contributed by atoms with Gasteiger partial charge < -0.3 is 0 Å². The van der Waals surface area contributed by atoms with Crippen LogP contribution in [0.5, 0.6) is 0 Å². The minimum Gasteiger partial charge on any atom is 0 e. The molecule has 8 heavy (non-hydrogen) atoms. The summed E-state index contributed by atoms with van der Waals surface area (Å²) >= 11 is 1.11. The van der Waals surface area contributed by atoms with Gasteiger partial charge in [-0.25, -0.2) is 0 Å². The Morgan fingerprint density at radius 1 is 1.38 bits per heavy atom. The van der Waals surface area contributed by atoms with Crippen molar-refractivity contribution in [2.24, 2.45) is 0 Å². The Bertz CT molecular complexity index is 102. The van der Waals surface area contributed by atoms with Crippen LogP contribution in [0.3, 0.4) is 0 Å². The van der Waals surface area contributed by atoms with E-state index in [4.69, 9.17) is 13.0 Å². The van der Waals surface area contributed by atoms with Crippen LogP contribution in [-0.2, 0) is 45.1 Å². The molecule has 0 amide bonds. The van der Waals surface area contributed by atoms with Crippen molar-refractivity contribution in [2.75, 3.05) is 0 Å². The molecule has 1 N–H and O–H groups in total. The molecule has 0 aromatic heterocycles. The van der Waals surface area contributed by atoms with Crippen molar-refractivity contribution in [3.8, 4) is 0 Å². The molecule has 51 valence electrons. The zero-order valence-corrected chi connectivity index (χ0v) is 14.5. The van der Waals surface area contributed by atoms with Gasteiger partial charge in [0.25, 0.3) is 0 Å². The summed E-state index contributed by atoms with van der Waals surface area (Å²) in [5.74, 6) is 0. The van der Waals surface area contributed by atoms with E-state index in [1.165, 1.54) is 0 Å². The summed E-state index contributed by atoms with van der Waals surface area (Å²) in [6, 6.07) is 0. The van der Waals surface area contributed by atoms with Crippen LogP contribution >= 0.6 is 0 Å². The molecule has 3 radical (unpaired) electrons. The van der Waals surface area contributed by atoms with Gasteiger partial charge in [0, 0.05) is 36.5 Å². The average molecular weight is 411 g/mol. The molecular formula is H4CuO3SSeSnZn. The first-order valence-electron chi connectivity index (χ1n) is 0.698. The molecule has 3 nitrogen and oxygen atoms in total. The van der Waals surface area contributed by atoms with Crippen LogP contribution in [-0.4, -0.2) is 51.8 Å². The Morgan fingerprint density at radius 2 is 1.38 bits per heavy atom. The van der Waals surface area contributed by atoms with Crippen molar-refractivity contribution in [3.63, 3.8) is 0 Å². The Hall–Kier alpha value is 2.37. The maximum absolute atomic E-state index is 9.16. The van der Waals surface area contributed by atoms with Gasteiger partial charge in [-0.1, -0.05) is 0 Å². The van der Waals surface area contributed by atoms with E-state index in [1.54, 1.807) is 0 Å². The second-order valence-electron chi connectivity index (χ2n) is 0.448. The van der Waals surface area contributed by atoms with Crippen LogP contribution in [0.2, 0.25) is 0 Å². The molecular weight excluding hydrogens is 407 g/mol. The summed E-state index contributed by atoms with van der Waals surface area (Å²) < 4.78 is 25.8. The van der Waals surface area contributed by atoms with Gasteiger partial charge in [-0.2, -0.15) is 0 Å².